The van der Waals surface area contributed by atoms with Crippen LogP contribution in [0, 0.1) is 10.8 Å². The summed E-state index contributed by atoms with van der Waals surface area (Å²) in [6.07, 6.45) is 1.28. The minimum absolute atomic E-state index is 0.0674. The number of hydrogen-bond acceptors (Lipinski definition) is 4. The number of thiophene rings is 1. The highest BCUT2D eigenvalue weighted by Crippen LogP contribution is 2.35. The minimum Gasteiger partial charge on any atom is -0.384 e. The Bertz CT molecular complexity index is 932. The van der Waals surface area contributed by atoms with Crippen LogP contribution in [-0.4, -0.2) is 36.2 Å². The molecule has 31 heavy (non-hydrogen) atoms. The van der Waals surface area contributed by atoms with Crippen molar-refractivity contribution < 1.29 is 0 Å². The maximum Gasteiger partial charge on any atom is 0.122 e. The standard InChI is InChI=1S/C18H16N4S.C7H17N/c19-17(20)13-5-1-3-11(9-13)15-7-8-16(23-15)12-4-2-6-14(10-12)18(21)22;1-4-7-8(5-2)6-3/h1-10H,(H3,19,20)(H3,21,22);4-7H2,1-3H3. The van der Waals surface area contributed by atoms with Crippen LogP contribution in [0.1, 0.15) is 38.3 Å². The first-order valence-electron chi connectivity index (χ1n) is 10.6. The highest BCUT2D eigenvalue weighted by molar-refractivity contribution is 7.18. The monoisotopic (exact) mass is 435 g/mol. The molecule has 6 heteroatoms. The zero-order valence-electron chi connectivity index (χ0n) is 18.6. The zero-order valence-corrected chi connectivity index (χ0v) is 19.4. The topological polar surface area (TPSA) is 103 Å². The molecule has 1 aromatic heterocycles. The lowest BCUT2D eigenvalue weighted by molar-refractivity contribution is 0.304. The van der Waals surface area contributed by atoms with Crippen LogP contribution in [0.25, 0.3) is 20.9 Å². The Morgan fingerprint density at radius 2 is 1.23 bits per heavy atom. The van der Waals surface area contributed by atoms with Crippen molar-refractivity contribution >= 4 is 23.0 Å². The van der Waals surface area contributed by atoms with Gasteiger partial charge in [-0.1, -0.05) is 57.2 Å². The lowest BCUT2D eigenvalue weighted by Crippen LogP contribution is -2.23. The molecule has 2 aromatic carbocycles. The van der Waals surface area contributed by atoms with Gasteiger partial charge < -0.3 is 16.4 Å². The number of nitrogens with two attached hydrogens (primary N) is 2. The number of rotatable bonds is 8. The van der Waals surface area contributed by atoms with Crippen LogP contribution in [-0.2, 0) is 0 Å². The number of nitrogens with one attached hydrogen (secondary N) is 2. The maximum absolute atomic E-state index is 7.55. The molecule has 0 aliphatic heterocycles. The van der Waals surface area contributed by atoms with Crippen LogP contribution in [0.3, 0.4) is 0 Å². The predicted octanol–water partition coefficient (Wildman–Crippen LogP) is 5.39. The van der Waals surface area contributed by atoms with Crippen LogP contribution >= 0.6 is 11.3 Å². The largest absolute Gasteiger partial charge is 0.384 e. The summed E-state index contributed by atoms with van der Waals surface area (Å²) < 4.78 is 0. The van der Waals surface area contributed by atoms with Gasteiger partial charge in [-0.3, -0.25) is 10.8 Å². The SMILES string of the molecule is CCCN(CC)CC.N=C(N)c1cccc(-c2ccc(-c3cccc(C(=N)N)c3)s2)c1. The molecule has 0 bridgehead atoms. The van der Waals surface area contributed by atoms with E-state index in [2.05, 4.69) is 37.8 Å². The van der Waals surface area contributed by atoms with E-state index in [0.717, 1.165) is 32.0 Å². The zero-order chi connectivity index (χ0) is 22.8. The Kier molecular flexibility index (Phi) is 9.43. The Morgan fingerprint density at radius 3 is 1.55 bits per heavy atom. The van der Waals surface area contributed by atoms with Crippen molar-refractivity contribution in [2.75, 3.05) is 19.6 Å². The summed E-state index contributed by atoms with van der Waals surface area (Å²) in [5.74, 6) is 0.135. The fourth-order valence-corrected chi connectivity index (χ4v) is 4.18. The first-order chi connectivity index (χ1) is 14.9. The van der Waals surface area contributed by atoms with Crippen molar-refractivity contribution in [1.82, 2.24) is 4.90 Å². The second-order valence-electron chi connectivity index (χ2n) is 7.18. The Balaban J connectivity index is 0.000000366. The van der Waals surface area contributed by atoms with Crippen molar-refractivity contribution in [2.24, 2.45) is 11.5 Å². The van der Waals surface area contributed by atoms with Gasteiger partial charge in [0.2, 0.25) is 0 Å². The third-order valence-corrected chi connectivity index (χ3v) is 6.14. The van der Waals surface area contributed by atoms with Gasteiger partial charge in [0, 0.05) is 20.9 Å². The molecule has 164 valence electrons. The number of benzene rings is 2. The fraction of sp³-hybridized carbons (Fsp3) is 0.280. The molecule has 0 fully saturated rings. The quantitative estimate of drug-likeness (QED) is 0.282. The second kappa shape index (κ2) is 12.0. The van der Waals surface area contributed by atoms with Crippen molar-refractivity contribution in [3.05, 3.63) is 71.8 Å². The van der Waals surface area contributed by atoms with Crippen LogP contribution in [0.2, 0.25) is 0 Å². The average molecular weight is 436 g/mol. The van der Waals surface area contributed by atoms with Gasteiger partial charge in [0.25, 0.3) is 0 Å². The molecule has 0 amide bonds. The number of hydrogen-bond donors (Lipinski definition) is 4. The van der Waals surface area contributed by atoms with Crippen molar-refractivity contribution in [2.45, 2.75) is 27.2 Å². The fourth-order valence-electron chi connectivity index (χ4n) is 3.18. The average Bonchev–Trinajstić information content (AvgIpc) is 3.28. The summed E-state index contributed by atoms with van der Waals surface area (Å²) >= 11 is 1.66. The predicted molar refractivity (Wildman–Crippen MR) is 135 cm³/mol. The van der Waals surface area contributed by atoms with Gasteiger partial charge in [-0.15, -0.1) is 11.3 Å². The van der Waals surface area contributed by atoms with Crippen molar-refractivity contribution in [3.8, 4) is 20.9 Å². The summed E-state index contributed by atoms with van der Waals surface area (Å²) in [6.45, 7) is 10.3. The summed E-state index contributed by atoms with van der Waals surface area (Å²) in [6, 6.07) is 19.4. The molecule has 0 aliphatic carbocycles. The van der Waals surface area contributed by atoms with E-state index >= 15 is 0 Å². The van der Waals surface area contributed by atoms with E-state index in [-0.39, 0.29) is 11.7 Å². The molecule has 0 aliphatic rings. The van der Waals surface area contributed by atoms with Gasteiger partial charge in [0.15, 0.2) is 0 Å². The van der Waals surface area contributed by atoms with Crippen molar-refractivity contribution in [3.63, 3.8) is 0 Å². The molecule has 0 radical (unpaired) electrons. The molecular formula is C25H33N5S. The van der Waals surface area contributed by atoms with E-state index in [4.69, 9.17) is 22.3 Å². The first kappa shape index (κ1) is 24.3. The molecule has 0 unspecified atom stereocenters. The molecule has 0 saturated heterocycles. The molecule has 0 spiro atoms. The summed E-state index contributed by atoms with van der Waals surface area (Å²) in [4.78, 5) is 4.65. The Hall–Kier alpha value is -2.96. The summed E-state index contributed by atoms with van der Waals surface area (Å²) in [5.41, 5.74) is 14.6. The molecule has 3 rings (SSSR count). The van der Waals surface area contributed by atoms with Gasteiger partial charge in [-0.25, -0.2) is 0 Å². The highest BCUT2D eigenvalue weighted by atomic mass is 32.1. The van der Waals surface area contributed by atoms with Gasteiger partial charge in [0.1, 0.15) is 11.7 Å². The maximum atomic E-state index is 7.55. The Morgan fingerprint density at radius 1 is 0.774 bits per heavy atom. The lowest BCUT2D eigenvalue weighted by Gasteiger charge is -2.15. The van der Waals surface area contributed by atoms with Gasteiger partial charge in [0.05, 0.1) is 0 Å². The third-order valence-electron chi connectivity index (χ3n) is 4.96. The van der Waals surface area contributed by atoms with Gasteiger partial charge >= 0.3 is 0 Å². The smallest absolute Gasteiger partial charge is 0.122 e. The van der Waals surface area contributed by atoms with E-state index < -0.39 is 0 Å². The molecular weight excluding hydrogens is 402 g/mol. The van der Waals surface area contributed by atoms with E-state index in [1.54, 1.807) is 11.3 Å². The van der Waals surface area contributed by atoms with E-state index in [1.165, 1.54) is 26.1 Å². The molecule has 1 heterocycles. The Labute approximate surface area is 189 Å². The summed E-state index contributed by atoms with van der Waals surface area (Å²) in [5, 5.41) is 15.1. The van der Waals surface area contributed by atoms with Crippen LogP contribution in [0.5, 0.6) is 0 Å². The van der Waals surface area contributed by atoms with Crippen LogP contribution in [0.15, 0.2) is 60.7 Å². The first-order valence-corrected chi connectivity index (χ1v) is 11.4. The van der Waals surface area contributed by atoms with Gasteiger partial charge in [-0.05, 0) is 61.4 Å². The second-order valence-corrected chi connectivity index (χ2v) is 8.26. The van der Waals surface area contributed by atoms with E-state index in [1.807, 2.05) is 48.5 Å². The summed E-state index contributed by atoms with van der Waals surface area (Å²) in [7, 11) is 0. The third kappa shape index (κ3) is 7.05. The minimum atomic E-state index is 0.0674. The molecule has 5 nitrogen and oxygen atoms in total. The van der Waals surface area contributed by atoms with Crippen molar-refractivity contribution in [1.29, 1.82) is 10.8 Å². The van der Waals surface area contributed by atoms with E-state index in [0.29, 0.717) is 0 Å². The molecule has 0 atom stereocenters. The number of nitrogens with zero attached hydrogens (tertiary/aromatic N) is 1. The highest BCUT2D eigenvalue weighted by Gasteiger charge is 2.08. The lowest BCUT2D eigenvalue weighted by atomic mass is 10.1. The molecule has 6 N–H and O–H groups in total. The van der Waals surface area contributed by atoms with Gasteiger partial charge in [-0.2, -0.15) is 0 Å². The molecule has 0 saturated carbocycles. The number of amidine groups is 2. The number of nitrogen functional groups attached to an aromatic ring is 2. The normalized spacial score (nSPS) is 10.5. The van der Waals surface area contributed by atoms with Crippen LogP contribution in [0.4, 0.5) is 0 Å². The van der Waals surface area contributed by atoms with E-state index in [9.17, 15) is 0 Å². The molecule has 3 aromatic rings. The van der Waals surface area contributed by atoms with Crippen LogP contribution < -0.4 is 11.5 Å².